The van der Waals surface area contributed by atoms with Crippen LogP contribution in [0.25, 0.3) is 16.5 Å². The number of benzene rings is 3. The van der Waals surface area contributed by atoms with Crippen molar-refractivity contribution in [2.75, 3.05) is 11.9 Å². The predicted molar refractivity (Wildman–Crippen MR) is 129 cm³/mol. The molecule has 2 heterocycles. The van der Waals surface area contributed by atoms with Crippen LogP contribution >= 0.6 is 0 Å². The van der Waals surface area contributed by atoms with E-state index in [0.717, 1.165) is 16.5 Å². The third-order valence-electron chi connectivity index (χ3n) is 5.23. The van der Waals surface area contributed by atoms with Crippen molar-refractivity contribution < 1.29 is 18.7 Å². The maximum absolute atomic E-state index is 12.4. The molecule has 0 fully saturated rings. The molecule has 0 aliphatic heterocycles. The standard InChI is InChI=1S/C26H21N5O4/c32-25(30-20-6-8-21(9-7-20)31-17-27-16-29-31)14-28-26(33)24-12-11-23(35-24)15-34-22-10-5-18-3-1-2-4-19(18)13-22/h1-13,16-17H,14-15H2,(H,28,33)(H,30,32). The minimum Gasteiger partial charge on any atom is -0.486 e. The maximum atomic E-state index is 12.4. The number of hydrogen-bond acceptors (Lipinski definition) is 6. The van der Waals surface area contributed by atoms with E-state index >= 15 is 0 Å². The molecule has 0 aliphatic rings. The summed E-state index contributed by atoms with van der Waals surface area (Å²) in [5.74, 6) is 0.460. The number of amides is 2. The van der Waals surface area contributed by atoms with Crippen LogP contribution in [-0.2, 0) is 11.4 Å². The molecule has 0 saturated heterocycles. The maximum Gasteiger partial charge on any atom is 0.287 e. The average Bonchev–Trinajstić information content (AvgIpc) is 3.59. The summed E-state index contributed by atoms with van der Waals surface area (Å²) in [5, 5.41) is 11.5. The topological polar surface area (TPSA) is 111 Å². The first kappa shape index (κ1) is 21.9. The first-order valence-corrected chi connectivity index (χ1v) is 10.9. The Balaban J connectivity index is 1.10. The van der Waals surface area contributed by atoms with Crippen molar-refractivity contribution in [3.63, 3.8) is 0 Å². The van der Waals surface area contributed by atoms with Crippen molar-refractivity contribution in [3.8, 4) is 11.4 Å². The molecular formula is C26H21N5O4. The Kier molecular flexibility index (Phi) is 6.21. The quantitative estimate of drug-likeness (QED) is 0.357. The number of anilines is 1. The van der Waals surface area contributed by atoms with Gasteiger partial charge in [-0.05, 0) is 59.3 Å². The molecule has 9 nitrogen and oxygen atoms in total. The lowest BCUT2D eigenvalue weighted by Gasteiger charge is -2.07. The van der Waals surface area contributed by atoms with Crippen LogP contribution in [0.3, 0.4) is 0 Å². The molecule has 3 aromatic carbocycles. The molecule has 35 heavy (non-hydrogen) atoms. The van der Waals surface area contributed by atoms with Crippen molar-refractivity contribution in [2.24, 2.45) is 0 Å². The number of hydrogen-bond donors (Lipinski definition) is 2. The second-order valence-corrected chi connectivity index (χ2v) is 7.68. The van der Waals surface area contributed by atoms with Crippen molar-refractivity contribution in [3.05, 3.63) is 103 Å². The van der Waals surface area contributed by atoms with Crippen LogP contribution < -0.4 is 15.4 Å². The normalized spacial score (nSPS) is 10.7. The third kappa shape index (κ3) is 5.36. The Bertz CT molecular complexity index is 1460. The lowest BCUT2D eigenvalue weighted by Crippen LogP contribution is -2.32. The molecule has 0 bridgehead atoms. The lowest BCUT2D eigenvalue weighted by molar-refractivity contribution is -0.115. The highest BCUT2D eigenvalue weighted by atomic mass is 16.5. The van der Waals surface area contributed by atoms with Gasteiger partial charge in [0.25, 0.3) is 5.91 Å². The summed E-state index contributed by atoms with van der Waals surface area (Å²) in [7, 11) is 0. The number of nitrogens with zero attached hydrogens (tertiary/aromatic N) is 3. The van der Waals surface area contributed by atoms with Crippen LogP contribution in [0.15, 0.2) is 95.9 Å². The summed E-state index contributed by atoms with van der Waals surface area (Å²) in [4.78, 5) is 28.5. The lowest BCUT2D eigenvalue weighted by atomic mass is 10.1. The summed E-state index contributed by atoms with van der Waals surface area (Å²) in [6.07, 6.45) is 3.02. The Labute approximate surface area is 200 Å². The van der Waals surface area contributed by atoms with E-state index in [4.69, 9.17) is 9.15 Å². The van der Waals surface area contributed by atoms with Crippen molar-refractivity contribution >= 4 is 28.3 Å². The van der Waals surface area contributed by atoms with Crippen LogP contribution in [0.5, 0.6) is 5.75 Å². The molecule has 0 atom stereocenters. The minimum absolute atomic E-state index is 0.104. The molecule has 5 rings (SSSR count). The highest BCUT2D eigenvalue weighted by Crippen LogP contribution is 2.22. The minimum atomic E-state index is -0.487. The smallest absolute Gasteiger partial charge is 0.287 e. The van der Waals surface area contributed by atoms with Gasteiger partial charge in [-0.3, -0.25) is 9.59 Å². The second-order valence-electron chi connectivity index (χ2n) is 7.68. The van der Waals surface area contributed by atoms with Gasteiger partial charge in [0.2, 0.25) is 5.91 Å². The Hall–Kier alpha value is -4.92. The zero-order valence-electron chi connectivity index (χ0n) is 18.5. The molecular weight excluding hydrogens is 446 g/mol. The van der Waals surface area contributed by atoms with Crippen LogP contribution in [0, 0.1) is 0 Å². The summed E-state index contributed by atoms with van der Waals surface area (Å²) in [6, 6.07) is 24.1. The molecule has 9 heteroatoms. The van der Waals surface area contributed by atoms with E-state index in [1.807, 2.05) is 42.5 Å². The molecule has 0 unspecified atom stereocenters. The van der Waals surface area contributed by atoms with Gasteiger partial charge < -0.3 is 19.8 Å². The molecule has 0 saturated carbocycles. The largest absolute Gasteiger partial charge is 0.486 e. The number of furan rings is 1. The number of fused-ring (bicyclic) bond motifs is 1. The molecule has 2 aromatic heterocycles. The monoisotopic (exact) mass is 467 g/mol. The Morgan fingerprint density at radius 2 is 1.77 bits per heavy atom. The van der Waals surface area contributed by atoms with Gasteiger partial charge in [-0.15, -0.1) is 0 Å². The fourth-order valence-corrected chi connectivity index (χ4v) is 3.48. The number of aromatic nitrogens is 3. The van der Waals surface area contributed by atoms with Crippen molar-refractivity contribution in [2.45, 2.75) is 6.61 Å². The van der Waals surface area contributed by atoms with E-state index in [2.05, 4.69) is 20.7 Å². The fourth-order valence-electron chi connectivity index (χ4n) is 3.48. The van der Waals surface area contributed by atoms with Crippen molar-refractivity contribution in [1.82, 2.24) is 20.1 Å². The van der Waals surface area contributed by atoms with E-state index in [0.29, 0.717) is 17.2 Å². The SMILES string of the molecule is O=C(CNC(=O)c1ccc(COc2ccc3ccccc3c2)o1)Nc1ccc(-n2cncn2)cc1. The summed E-state index contributed by atoms with van der Waals surface area (Å²) in [6.45, 7) is -0.0238. The van der Waals surface area contributed by atoms with E-state index in [1.165, 1.54) is 6.33 Å². The molecule has 0 spiro atoms. The molecule has 174 valence electrons. The van der Waals surface area contributed by atoms with Gasteiger partial charge in [0.15, 0.2) is 5.76 Å². The highest BCUT2D eigenvalue weighted by molar-refractivity contribution is 5.98. The van der Waals surface area contributed by atoms with E-state index in [1.54, 1.807) is 47.4 Å². The van der Waals surface area contributed by atoms with Crippen LogP contribution in [0.2, 0.25) is 0 Å². The van der Waals surface area contributed by atoms with Crippen molar-refractivity contribution in [1.29, 1.82) is 0 Å². The molecule has 2 N–H and O–H groups in total. The van der Waals surface area contributed by atoms with Crippen LogP contribution in [0.4, 0.5) is 5.69 Å². The molecule has 0 radical (unpaired) electrons. The highest BCUT2D eigenvalue weighted by Gasteiger charge is 2.13. The van der Waals surface area contributed by atoms with Crippen LogP contribution in [-0.4, -0.2) is 33.1 Å². The van der Waals surface area contributed by atoms with Gasteiger partial charge in [-0.25, -0.2) is 9.67 Å². The summed E-state index contributed by atoms with van der Waals surface area (Å²) >= 11 is 0. The zero-order valence-corrected chi connectivity index (χ0v) is 18.5. The Morgan fingerprint density at radius 3 is 2.57 bits per heavy atom. The van der Waals surface area contributed by atoms with Gasteiger partial charge in [0.05, 0.1) is 12.2 Å². The number of ether oxygens (including phenoxy) is 1. The number of carbonyl (C=O) groups is 2. The Morgan fingerprint density at radius 1 is 0.943 bits per heavy atom. The second kappa shape index (κ2) is 9.92. The average molecular weight is 467 g/mol. The van der Waals surface area contributed by atoms with Crippen LogP contribution in [0.1, 0.15) is 16.3 Å². The van der Waals surface area contributed by atoms with Gasteiger partial charge in [-0.1, -0.05) is 30.3 Å². The number of nitrogens with one attached hydrogen (secondary N) is 2. The molecule has 2 amide bonds. The van der Waals surface area contributed by atoms with Gasteiger partial charge in [0, 0.05) is 5.69 Å². The number of carbonyl (C=O) groups excluding carboxylic acids is 2. The first-order chi connectivity index (χ1) is 17.1. The molecule has 0 aliphatic carbocycles. The predicted octanol–water partition coefficient (Wildman–Crippen LogP) is 3.96. The van der Waals surface area contributed by atoms with Gasteiger partial charge in [0.1, 0.15) is 30.8 Å². The van der Waals surface area contributed by atoms with E-state index < -0.39 is 5.91 Å². The fraction of sp³-hybridized carbons (Fsp3) is 0.0769. The molecule has 5 aromatic rings. The zero-order chi connectivity index (χ0) is 24.0. The van der Waals surface area contributed by atoms with Gasteiger partial charge in [-0.2, -0.15) is 5.10 Å². The number of rotatable bonds is 8. The summed E-state index contributed by atoms with van der Waals surface area (Å²) < 4.78 is 13.0. The third-order valence-corrected chi connectivity index (χ3v) is 5.23. The summed E-state index contributed by atoms with van der Waals surface area (Å²) in [5.41, 5.74) is 1.41. The van der Waals surface area contributed by atoms with E-state index in [-0.39, 0.29) is 24.8 Å². The van der Waals surface area contributed by atoms with Gasteiger partial charge >= 0.3 is 0 Å². The first-order valence-electron chi connectivity index (χ1n) is 10.9. The van der Waals surface area contributed by atoms with E-state index in [9.17, 15) is 9.59 Å².